The van der Waals surface area contributed by atoms with Crippen molar-refractivity contribution < 1.29 is 0 Å². The van der Waals surface area contributed by atoms with Crippen LogP contribution in [0.25, 0.3) is 10.9 Å². The number of H-pyrrole nitrogens is 1. The number of nitrogens with one attached hydrogen (secondary N) is 1. The molecule has 0 spiro atoms. The second-order valence-electron chi connectivity index (χ2n) is 3.95. The Morgan fingerprint density at radius 1 is 1.14 bits per heavy atom. The maximum absolute atomic E-state index is 3.64. The quantitative estimate of drug-likeness (QED) is 0.731. The number of benzene rings is 1. The fourth-order valence-corrected chi connectivity index (χ4v) is 3.02. The minimum atomic E-state index is 1.22. The van der Waals surface area contributed by atoms with Crippen molar-refractivity contribution in [3.63, 3.8) is 0 Å². The van der Waals surface area contributed by atoms with Crippen LogP contribution in [0.4, 0.5) is 0 Å². The number of hydrogen-bond donors (Lipinski definition) is 1. The lowest BCUT2D eigenvalue weighted by atomic mass is 9.96. The number of fused-ring (bicyclic) bond motifs is 3. The van der Waals surface area contributed by atoms with Gasteiger partial charge in [0.15, 0.2) is 0 Å². The van der Waals surface area contributed by atoms with Gasteiger partial charge in [-0.25, -0.2) is 0 Å². The molecule has 3 rings (SSSR count). The van der Waals surface area contributed by atoms with Crippen molar-refractivity contribution in [3.05, 3.63) is 33.9 Å². The molecule has 1 aliphatic rings. The number of hydrogen-bond acceptors (Lipinski definition) is 0. The molecule has 2 heteroatoms. The molecule has 0 unspecified atom stereocenters. The summed E-state index contributed by atoms with van der Waals surface area (Å²) < 4.78 is 1.23. The van der Waals surface area contributed by atoms with Gasteiger partial charge in [0.2, 0.25) is 0 Å². The molecule has 0 saturated heterocycles. The largest absolute Gasteiger partial charge is 0.358 e. The van der Waals surface area contributed by atoms with Crippen molar-refractivity contribution in [1.29, 1.82) is 0 Å². The van der Waals surface area contributed by atoms with Crippen molar-refractivity contribution in [2.24, 2.45) is 0 Å². The predicted octanol–water partition coefficient (Wildman–Crippen LogP) is 3.81. The Hall–Kier alpha value is -0.760. The van der Waals surface area contributed by atoms with Crippen LogP contribution < -0.4 is 0 Å². The van der Waals surface area contributed by atoms with E-state index < -0.39 is 0 Å². The summed E-state index contributed by atoms with van der Waals surface area (Å²) in [4.78, 5) is 3.53. The Bertz CT molecular complexity index is 484. The minimum Gasteiger partial charge on any atom is -0.358 e. The van der Waals surface area contributed by atoms with Gasteiger partial charge < -0.3 is 4.98 Å². The normalized spacial score (nSPS) is 15.8. The highest BCUT2D eigenvalue weighted by atomic mass is 79.9. The van der Waals surface area contributed by atoms with Gasteiger partial charge >= 0.3 is 0 Å². The summed E-state index contributed by atoms with van der Waals surface area (Å²) in [7, 11) is 0. The van der Waals surface area contributed by atoms with Crippen molar-refractivity contribution in [3.8, 4) is 0 Å². The van der Waals surface area contributed by atoms with Gasteiger partial charge in [0.05, 0.1) is 0 Å². The van der Waals surface area contributed by atoms with Crippen LogP contribution in [-0.2, 0) is 12.8 Å². The molecular weight excluding hydrogens is 238 g/mol. The van der Waals surface area contributed by atoms with Crippen LogP contribution in [0.5, 0.6) is 0 Å². The molecule has 1 heterocycles. The Morgan fingerprint density at radius 3 is 2.93 bits per heavy atom. The van der Waals surface area contributed by atoms with Crippen LogP contribution in [0.3, 0.4) is 0 Å². The van der Waals surface area contributed by atoms with Crippen LogP contribution in [0, 0.1) is 0 Å². The smallest absolute Gasteiger partial charge is 0.0470 e. The molecule has 0 fully saturated rings. The number of aromatic nitrogens is 1. The summed E-state index contributed by atoms with van der Waals surface area (Å²) >= 11 is 3.64. The van der Waals surface area contributed by atoms with Crippen LogP contribution in [0.1, 0.15) is 24.1 Å². The molecule has 0 radical (unpaired) electrons. The molecule has 1 aliphatic carbocycles. The molecule has 72 valence electrons. The lowest BCUT2D eigenvalue weighted by Gasteiger charge is -2.10. The molecule has 0 atom stereocenters. The van der Waals surface area contributed by atoms with E-state index in [2.05, 4.69) is 39.1 Å². The van der Waals surface area contributed by atoms with Gasteiger partial charge in [-0.05, 0) is 43.4 Å². The van der Waals surface area contributed by atoms with E-state index >= 15 is 0 Å². The lowest BCUT2D eigenvalue weighted by Crippen LogP contribution is -2.00. The molecule has 1 nitrogen and oxygen atoms in total. The summed E-state index contributed by atoms with van der Waals surface area (Å²) in [6.07, 6.45) is 5.12. The maximum Gasteiger partial charge on any atom is 0.0470 e. The molecule has 14 heavy (non-hydrogen) atoms. The highest BCUT2D eigenvalue weighted by Gasteiger charge is 2.16. The van der Waals surface area contributed by atoms with Crippen LogP contribution in [0.2, 0.25) is 0 Å². The molecule has 0 aliphatic heterocycles. The summed E-state index contributed by atoms with van der Waals surface area (Å²) in [6.45, 7) is 0. The Labute approximate surface area is 91.6 Å². The van der Waals surface area contributed by atoms with E-state index in [9.17, 15) is 0 Å². The van der Waals surface area contributed by atoms with Crippen molar-refractivity contribution in [1.82, 2.24) is 4.98 Å². The van der Waals surface area contributed by atoms with E-state index in [0.29, 0.717) is 0 Å². The van der Waals surface area contributed by atoms with Gasteiger partial charge in [0.1, 0.15) is 0 Å². The average Bonchev–Trinajstić information content (AvgIpc) is 2.57. The summed E-state index contributed by atoms with van der Waals surface area (Å²) in [5, 5.41) is 1.40. The first-order chi connectivity index (χ1) is 6.86. The SMILES string of the molecule is Brc1cccc2[nH]c3c(c12)CCCC3. The number of aryl methyl sites for hydroxylation is 2. The highest BCUT2D eigenvalue weighted by molar-refractivity contribution is 9.10. The van der Waals surface area contributed by atoms with Crippen LogP contribution >= 0.6 is 15.9 Å². The molecule has 1 aromatic carbocycles. The lowest BCUT2D eigenvalue weighted by molar-refractivity contribution is 0.680. The minimum absolute atomic E-state index is 1.22. The Kier molecular flexibility index (Phi) is 1.91. The van der Waals surface area contributed by atoms with Gasteiger partial charge in [-0.1, -0.05) is 22.0 Å². The first-order valence-electron chi connectivity index (χ1n) is 5.14. The summed E-state index contributed by atoms with van der Waals surface area (Å²) in [5.41, 5.74) is 4.28. The number of aromatic amines is 1. The second-order valence-corrected chi connectivity index (χ2v) is 4.81. The average molecular weight is 250 g/mol. The van der Waals surface area contributed by atoms with Crippen LogP contribution in [-0.4, -0.2) is 4.98 Å². The topological polar surface area (TPSA) is 15.8 Å². The third-order valence-corrected chi connectivity index (χ3v) is 3.73. The number of halogens is 1. The highest BCUT2D eigenvalue weighted by Crippen LogP contribution is 2.33. The number of rotatable bonds is 0. The van der Waals surface area contributed by atoms with E-state index in [1.165, 1.54) is 46.8 Å². The molecule has 0 bridgehead atoms. The molecule has 1 aromatic heterocycles. The predicted molar refractivity (Wildman–Crippen MR) is 62.6 cm³/mol. The molecule has 0 saturated carbocycles. The van der Waals surface area contributed by atoms with E-state index in [1.807, 2.05) is 0 Å². The Morgan fingerprint density at radius 2 is 2.00 bits per heavy atom. The first-order valence-corrected chi connectivity index (χ1v) is 5.93. The standard InChI is InChI=1S/C12H12BrN/c13-9-5-3-7-11-12(9)8-4-1-2-6-10(8)14-11/h3,5,7,14H,1-2,4,6H2. The molecular formula is C12H12BrN. The van der Waals surface area contributed by atoms with Crippen LogP contribution in [0.15, 0.2) is 22.7 Å². The molecule has 2 aromatic rings. The van der Waals surface area contributed by atoms with Gasteiger partial charge in [-0.15, -0.1) is 0 Å². The van der Waals surface area contributed by atoms with Gasteiger partial charge in [0.25, 0.3) is 0 Å². The zero-order chi connectivity index (χ0) is 9.54. The monoisotopic (exact) mass is 249 g/mol. The van der Waals surface area contributed by atoms with Gasteiger partial charge in [-0.3, -0.25) is 0 Å². The van der Waals surface area contributed by atoms with Crippen molar-refractivity contribution in [2.45, 2.75) is 25.7 Å². The van der Waals surface area contributed by atoms with E-state index in [-0.39, 0.29) is 0 Å². The zero-order valence-corrected chi connectivity index (χ0v) is 9.52. The van der Waals surface area contributed by atoms with E-state index in [0.717, 1.165) is 0 Å². The maximum atomic E-state index is 3.64. The fourth-order valence-electron chi connectivity index (χ4n) is 2.42. The van der Waals surface area contributed by atoms with Gasteiger partial charge in [0, 0.05) is 21.1 Å². The van der Waals surface area contributed by atoms with Gasteiger partial charge in [-0.2, -0.15) is 0 Å². The van der Waals surface area contributed by atoms with Crippen molar-refractivity contribution in [2.75, 3.05) is 0 Å². The molecule has 1 N–H and O–H groups in total. The van der Waals surface area contributed by atoms with Crippen molar-refractivity contribution >= 4 is 26.8 Å². The first kappa shape index (κ1) is 8.54. The summed E-state index contributed by atoms with van der Waals surface area (Å²) in [6, 6.07) is 6.39. The Balaban J connectivity index is 2.38. The zero-order valence-electron chi connectivity index (χ0n) is 7.94. The van der Waals surface area contributed by atoms with E-state index in [1.54, 1.807) is 5.56 Å². The fraction of sp³-hybridized carbons (Fsp3) is 0.333. The third-order valence-electron chi connectivity index (χ3n) is 3.07. The van der Waals surface area contributed by atoms with E-state index in [4.69, 9.17) is 0 Å². The summed E-state index contributed by atoms with van der Waals surface area (Å²) in [5.74, 6) is 0. The second kappa shape index (κ2) is 3.13. The molecule has 0 amide bonds. The third kappa shape index (κ3) is 1.13.